The molecule has 4 aliphatic rings. The molecule has 1 atom stereocenters. The number of morpholine rings is 1. The smallest absolute Gasteiger partial charge is 0.257 e. The molecular weight excluding hydrogens is 372 g/mol. The first-order chi connectivity index (χ1) is 13.5. The molecule has 2 amide bonds. The molecule has 1 aromatic rings. The second kappa shape index (κ2) is 8.54. The quantitative estimate of drug-likeness (QED) is 0.801. The third kappa shape index (κ3) is 4.13. The Bertz CT molecular complexity index is 715. The Morgan fingerprint density at radius 3 is 2.54 bits per heavy atom. The number of carbonyl (C=O) groups excluding carboxylic acids is 2. The SMILES string of the molecule is CC(C)Cc1csc(NC(=O)C2CC3CCC2CC3)c1C(=O)N1CCOCC1. The normalized spacial score (nSPS) is 27.2. The number of amides is 2. The molecule has 6 heteroatoms. The first-order valence-electron chi connectivity index (χ1n) is 10.8. The number of ether oxygens (including phenoxy) is 1. The Hall–Kier alpha value is -1.40. The Morgan fingerprint density at radius 2 is 1.93 bits per heavy atom. The minimum atomic E-state index is 0.0423. The Kier molecular flexibility index (Phi) is 6.07. The fraction of sp³-hybridized carbons (Fsp3) is 0.727. The van der Waals surface area contributed by atoms with Gasteiger partial charge < -0.3 is 15.0 Å². The van der Waals surface area contributed by atoms with Gasteiger partial charge in [-0.05, 0) is 54.4 Å². The molecule has 2 heterocycles. The Labute approximate surface area is 171 Å². The molecule has 3 aliphatic carbocycles. The van der Waals surface area contributed by atoms with Gasteiger partial charge in [-0.1, -0.05) is 26.7 Å². The fourth-order valence-corrected chi connectivity index (χ4v) is 6.11. The predicted octanol–water partition coefficient (Wildman–Crippen LogP) is 4.18. The van der Waals surface area contributed by atoms with Gasteiger partial charge in [0.25, 0.3) is 5.91 Å². The third-order valence-corrected chi connectivity index (χ3v) is 7.57. The summed E-state index contributed by atoms with van der Waals surface area (Å²) in [4.78, 5) is 28.3. The maximum Gasteiger partial charge on any atom is 0.257 e. The van der Waals surface area contributed by atoms with E-state index in [1.165, 1.54) is 37.0 Å². The lowest BCUT2D eigenvalue weighted by molar-refractivity contribution is -0.124. The van der Waals surface area contributed by atoms with E-state index in [0.717, 1.165) is 34.9 Å². The molecule has 154 valence electrons. The highest BCUT2D eigenvalue weighted by molar-refractivity contribution is 7.15. The highest BCUT2D eigenvalue weighted by Crippen LogP contribution is 2.45. The molecule has 4 fully saturated rings. The van der Waals surface area contributed by atoms with Gasteiger partial charge in [-0.3, -0.25) is 9.59 Å². The molecule has 0 spiro atoms. The van der Waals surface area contributed by atoms with Crippen molar-refractivity contribution in [3.63, 3.8) is 0 Å². The monoisotopic (exact) mass is 404 g/mol. The molecule has 0 radical (unpaired) electrons. The molecule has 1 unspecified atom stereocenters. The van der Waals surface area contributed by atoms with E-state index in [0.29, 0.717) is 38.1 Å². The van der Waals surface area contributed by atoms with Crippen LogP contribution in [0.1, 0.15) is 61.9 Å². The summed E-state index contributed by atoms with van der Waals surface area (Å²) in [5.74, 6) is 2.00. The lowest BCUT2D eigenvalue weighted by atomic mass is 9.64. The first-order valence-corrected chi connectivity index (χ1v) is 11.7. The van der Waals surface area contributed by atoms with Crippen molar-refractivity contribution in [2.24, 2.45) is 23.7 Å². The number of carbonyl (C=O) groups is 2. The van der Waals surface area contributed by atoms with Crippen LogP contribution in [0.3, 0.4) is 0 Å². The van der Waals surface area contributed by atoms with Crippen molar-refractivity contribution >= 4 is 28.2 Å². The molecule has 1 aromatic heterocycles. The van der Waals surface area contributed by atoms with Crippen LogP contribution in [-0.4, -0.2) is 43.0 Å². The predicted molar refractivity (Wildman–Crippen MR) is 112 cm³/mol. The van der Waals surface area contributed by atoms with E-state index in [4.69, 9.17) is 4.74 Å². The molecule has 5 nitrogen and oxygen atoms in total. The fourth-order valence-electron chi connectivity index (χ4n) is 5.14. The van der Waals surface area contributed by atoms with E-state index in [1.54, 1.807) is 0 Å². The third-order valence-electron chi connectivity index (χ3n) is 6.63. The lowest BCUT2D eigenvalue weighted by Crippen LogP contribution is -2.41. The van der Waals surface area contributed by atoms with Crippen LogP contribution in [0.4, 0.5) is 5.00 Å². The van der Waals surface area contributed by atoms with Crippen LogP contribution in [0.5, 0.6) is 0 Å². The first kappa shape index (κ1) is 19.9. The van der Waals surface area contributed by atoms with Crippen LogP contribution in [0.15, 0.2) is 5.38 Å². The maximum atomic E-state index is 13.3. The van der Waals surface area contributed by atoms with E-state index in [-0.39, 0.29) is 17.7 Å². The van der Waals surface area contributed by atoms with E-state index >= 15 is 0 Å². The van der Waals surface area contributed by atoms with E-state index in [9.17, 15) is 9.59 Å². The van der Waals surface area contributed by atoms with Gasteiger partial charge in [0.1, 0.15) is 5.00 Å². The molecule has 1 saturated heterocycles. The van der Waals surface area contributed by atoms with Crippen molar-refractivity contribution in [1.82, 2.24) is 4.90 Å². The number of nitrogens with zero attached hydrogens (tertiary/aromatic N) is 1. The summed E-state index contributed by atoms with van der Waals surface area (Å²) in [5, 5.41) is 5.99. The minimum absolute atomic E-state index is 0.0423. The van der Waals surface area contributed by atoms with Gasteiger partial charge >= 0.3 is 0 Å². The van der Waals surface area contributed by atoms with Crippen LogP contribution < -0.4 is 5.32 Å². The largest absolute Gasteiger partial charge is 0.378 e. The lowest BCUT2D eigenvalue weighted by Gasteiger charge is -2.41. The van der Waals surface area contributed by atoms with Gasteiger partial charge in [0.15, 0.2) is 0 Å². The van der Waals surface area contributed by atoms with E-state index in [1.807, 2.05) is 4.90 Å². The summed E-state index contributed by atoms with van der Waals surface area (Å²) >= 11 is 1.51. The zero-order valence-corrected chi connectivity index (χ0v) is 17.9. The van der Waals surface area contributed by atoms with Crippen LogP contribution in [-0.2, 0) is 16.0 Å². The number of hydrogen-bond acceptors (Lipinski definition) is 4. The number of hydrogen-bond donors (Lipinski definition) is 1. The zero-order valence-electron chi connectivity index (χ0n) is 17.0. The topological polar surface area (TPSA) is 58.6 Å². The molecule has 5 rings (SSSR count). The highest BCUT2D eigenvalue weighted by atomic mass is 32.1. The Morgan fingerprint density at radius 1 is 1.21 bits per heavy atom. The average molecular weight is 405 g/mol. The number of nitrogens with one attached hydrogen (secondary N) is 1. The summed E-state index contributed by atoms with van der Waals surface area (Å²) in [6, 6.07) is 0. The van der Waals surface area contributed by atoms with Crippen LogP contribution in [0, 0.1) is 23.7 Å². The minimum Gasteiger partial charge on any atom is -0.378 e. The zero-order chi connectivity index (χ0) is 19.7. The van der Waals surface area contributed by atoms with Gasteiger partial charge in [0.05, 0.1) is 18.8 Å². The average Bonchev–Trinajstić information content (AvgIpc) is 3.10. The summed E-state index contributed by atoms with van der Waals surface area (Å²) in [6.07, 6.45) is 6.82. The molecule has 2 bridgehead atoms. The van der Waals surface area contributed by atoms with Gasteiger partial charge in [0.2, 0.25) is 5.91 Å². The van der Waals surface area contributed by atoms with Crippen molar-refractivity contribution in [1.29, 1.82) is 0 Å². The van der Waals surface area contributed by atoms with Crippen LogP contribution >= 0.6 is 11.3 Å². The second-order valence-electron chi connectivity index (χ2n) is 9.08. The molecule has 1 aliphatic heterocycles. The number of anilines is 1. The van der Waals surface area contributed by atoms with Crippen LogP contribution in [0.25, 0.3) is 0 Å². The molecule has 1 N–H and O–H groups in total. The Balaban J connectivity index is 1.55. The number of fused-ring (bicyclic) bond motifs is 3. The summed E-state index contributed by atoms with van der Waals surface area (Å²) in [6.45, 7) is 6.74. The number of thiophene rings is 1. The second-order valence-corrected chi connectivity index (χ2v) is 9.96. The molecule has 3 saturated carbocycles. The van der Waals surface area contributed by atoms with E-state index in [2.05, 4.69) is 24.5 Å². The van der Waals surface area contributed by atoms with Gasteiger partial charge in [-0.2, -0.15) is 0 Å². The van der Waals surface area contributed by atoms with Crippen molar-refractivity contribution in [3.8, 4) is 0 Å². The van der Waals surface area contributed by atoms with Crippen molar-refractivity contribution in [3.05, 3.63) is 16.5 Å². The van der Waals surface area contributed by atoms with Gasteiger partial charge in [-0.15, -0.1) is 11.3 Å². The summed E-state index contributed by atoms with van der Waals surface area (Å²) < 4.78 is 5.40. The highest BCUT2D eigenvalue weighted by Gasteiger charge is 2.40. The van der Waals surface area contributed by atoms with Crippen molar-refractivity contribution in [2.45, 2.75) is 52.4 Å². The van der Waals surface area contributed by atoms with Gasteiger partial charge in [0, 0.05) is 19.0 Å². The summed E-state index contributed by atoms with van der Waals surface area (Å²) in [7, 11) is 0. The number of rotatable bonds is 5. The molecular formula is C22H32N2O3S. The standard InChI is InChI=1S/C22H32N2O3S/c1-14(2)11-17-13-28-21(19(17)22(26)24-7-9-27-10-8-24)23-20(25)18-12-15-3-5-16(18)6-4-15/h13-16,18H,3-12H2,1-2H3,(H,23,25). The van der Waals surface area contributed by atoms with E-state index < -0.39 is 0 Å². The molecule has 0 aromatic carbocycles. The van der Waals surface area contributed by atoms with Gasteiger partial charge in [-0.25, -0.2) is 0 Å². The maximum absolute atomic E-state index is 13.3. The molecule has 28 heavy (non-hydrogen) atoms. The van der Waals surface area contributed by atoms with Crippen molar-refractivity contribution in [2.75, 3.05) is 31.6 Å². The summed E-state index contributed by atoms with van der Waals surface area (Å²) in [5.41, 5.74) is 1.78. The van der Waals surface area contributed by atoms with Crippen LogP contribution in [0.2, 0.25) is 0 Å². The van der Waals surface area contributed by atoms with Crippen molar-refractivity contribution < 1.29 is 14.3 Å².